The first-order valence-corrected chi connectivity index (χ1v) is 10.7. The molecule has 8 nitrogen and oxygen atoms in total. The molecule has 0 aliphatic carbocycles. The molecule has 0 unspecified atom stereocenters. The van der Waals surface area contributed by atoms with Crippen molar-refractivity contribution in [1.82, 2.24) is 24.9 Å². The fourth-order valence-electron chi connectivity index (χ4n) is 3.57. The molecule has 0 saturated heterocycles. The van der Waals surface area contributed by atoms with Crippen molar-refractivity contribution >= 4 is 29.7 Å². The number of benzene rings is 1. The highest BCUT2D eigenvalue weighted by molar-refractivity contribution is 6.02. The SMILES string of the molecule is Cc1nn(C)c(C)c1/C=C/C(=O)NCc1cccc(NC(=O)/C=C/c2c(C)nn(C)c2C)c1. The Morgan fingerprint density at radius 2 is 1.42 bits per heavy atom. The van der Waals surface area contributed by atoms with Crippen LogP contribution in [0.4, 0.5) is 5.69 Å². The third-order valence-electron chi connectivity index (χ3n) is 5.59. The molecule has 0 aliphatic rings. The minimum atomic E-state index is -0.232. The minimum absolute atomic E-state index is 0.197. The van der Waals surface area contributed by atoms with E-state index in [2.05, 4.69) is 20.8 Å². The fourth-order valence-corrected chi connectivity index (χ4v) is 3.57. The second-order valence-electron chi connectivity index (χ2n) is 7.99. The van der Waals surface area contributed by atoms with Gasteiger partial charge in [-0.2, -0.15) is 10.2 Å². The van der Waals surface area contributed by atoms with Gasteiger partial charge in [-0.15, -0.1) is 0 Å². The predicted molar refractivity (Wildman–Crippen MR) is 130 cm³/mol. The number of amides is 2. The lowest BCUT2D eigenvalue weighted by Crippen LogP contribution is -2.20. The van der Waals surface area contributed by atoms with E-state index in [9.17, 15) is 9.59 Å². The van der Waals surface area contributed by atoms with E-state index in [1.54, 1.807) is 21.5 Å². The van der Waals surface area contributed by atoms with E-state index >= 15 is 0 Å². The molecule has 1 aromatic carbocycles. The number of anilines is 1. The summed E-state index contributed by atoms with van der Waals surface area (Å²) in [6.45, 7) is 8.10. The zero-order chi connectivity index (χ0) is 24.1. The number of hydrogen-bond donors (Lipinski definition) is 2. The average Bonchev–Trinajstić information content (AvgIpc) is 3.16. The van der Waals surface area contributed by atoms with Crippen LogP contribution < -0.4 is 10.6 Å². The predicted octanol–water partition coefficient (Wildman–Crippen LogP) is 3.37. The molecule has 3 aromatic rings. The molecule has 0 saturated carbocycles. The van der Waals surface area contributed by atoms with Crippen LogP contribution >= 0.6 is 0 Å². The molecule has 0 spiro atoms. The monoisotopic (exact) mass is 446 g/mol. The van der Waals surface area contributed by atoms with E-state index in [0.29, 0.717) is 12.2 Å². The van der Waals surface area contributed by atoms with Gasteiger partial charge in [0.05, 0.1) is 11.4 Å². The number of carbonyl (C=O) groups is 2. The molecule has 3 rings (SSSR count). The quantitative estimate of drug-likeness (QED) is 0.544. The lowest BCUT2D eigenvalue weighted by molar-refractivity contribution is -0.116. The largest absolute Gasteiger partial charge is 0.348 e. The van der Waals surface area contributed by atoms with Crippen molar-refractivity contribution in [1.29, 1.82) is 0 Å². The number of aryl methyl sites for hydroxylation is 4. The maximum Gasteiger partial charge on any atom is 0.248 e. The first-order chi connectivity index (χ1) is 15.7. The van der Waals surface area contributed by atoms with Crippen molar-refractivity contribution < 1.29 is 9.59 Å². The number of nitrogens with zero attached hydrogens (tertiary/aromatic N) is 4. The smallest absolute Gasteiger partial charge is 0.248 e. The number of rotatable bonds is 7. The molecule has 172 valence electrons. The Kier molecular flexibility index (Phi) is 7.27. The second kappa shape index (κ2) is 10.1. The maximum atomic E-state index is 12.4. The van der Waals surface area contributed by atoms with Crippen LogP contribution in [0, 0.1) is 27.7 Å². The van der Waals surface area contributed by atoms with Gasteiger partial charge in [-0.3, -0.25) is 19.0 Å². The molecule has 2 N–H and O–H groups in total. The summed E-state index contributed by atoms with van der Waals surface area (Å²) in [5.41, 5.74) is 7.18. The normalized spacial score (nSPS) is 11.5. The summed E-state index contributed by atoms with van der Waals surface area (Å²) in [7, 11) is 3.75. The first kappa shape index (κ1) is 23.7. The third-order valence-corrected chi connectivity index (χ3v) is 5.59. The van der Waals surface area contributed by atoms with Crippen molar-refractivity contribution in [3.05, 3.63) is 75.9 Å². The summed E-state index contributed by atoms with van der Waals surface area (Å²) in [5, 5.41) is 14.4. The Morgan fingerprint density at radius 3 is 1.94 bits per heavy atom. The highest BCUT2D eigenvalue weighted by Gasteiger charge is 2.08. The lowest BCUT2D eigenvalue weighted by Gasteiger charge is -2.07. The zero-order valence-corrected chi connectivity index (χ0v) is 19.9. The number of hydrogen-bond acceptors (Lipinski definition) is 4. The Balaban J connectivity index is 1.57. The van der Waals surface area contributed by atoms with Gasteiger partial charge in [-0.05, 0) is 57.5 Å². The van der Waals surface area contributed by atoms with E-state index in [4.69, 9.17) is 0 Å². The van der Waals surface area contributed by atoms with Gasteiger partial charge in [-0.25, -0.2) is 0 Å². The fraction of sp³-hybridized carbons (Fsp3) is 0.280. The highest BCUT2D eigenvalue weighted by atomic mass is 16.2. The van der Waals surface area contributed by atoms with E-state index in [1.165, 1.54) is 12.2 Å². The van der Waals surface area contributed by atoms with Crippen molar-refractivity contribution in [2.75, 3.05) is 5.32 Å². The number of aromatic nitrogens is 4. The van der Waals surface area contributed by atoms with Crippen LogP contribution in [0.15, 0.2) is 36.4 Å². The summed E-state index contributed by atoms with van der Waals surface area (Å²) in [6, 6.07) is 7.39. The van der Waals surface area contributed by atoms with Crippen molar-refractivity contribution in [2.45, 2.75) is 34.2 Å². The molecule has 33 heavy (non-hydrogen) atoms. The maximum absolute atomic E-state index is 12.4. The molecule has 2 amide bonds. The first-order valence-electron chi connectivity index (χ1n) is 10.7. The van der Waals surface area contributed by atoms with Gasteiger partial charge in [0, 0.05) is 61.0 Å². The van der Waals surface area contributed by atoms with Crippen molar-refractivity contribution in [3.63, 3.8) is 0 Å². The van der Waals surface area contributed by atoms with E-state index < -0.39 is 0 Å². The number of carbonyl (C=O) groups excluding carboxylic acids is 2. The molecule has 2 heterocycles. The summed E-state index contributed by atoms with van der Waals surface area (Å²) in [5.74, 6) is -0.429. The van der Waals surface area contributed by atoms with E-state index in [-0.39, 0.29) is 11.8 Å². The molecule has 0 radical (unpaired) electrons. The third kappa shape index (κ3) is 5.85. The van der Waals surface area contributed by atoms with E-state index in [1.807, 2.05) is 66.1 Å². The van der Waals surface area contributed by atoms with Gasteiger partial charge in [0.2, 0.25) is 11.8 Å². The van der Waals surface area contributed by atoms with Gasteiger partial charge in [0.15, 0.2) is 0 Å². The Hall–Kier alpha value is -3.94. The molecule has 0 bridgehead atoms. The Morgan fingerprint density at radius 1 is 0.879 bits per heavy atom. The Bertz CT molecular complexity index is 1250. The van der Waals surface area contributed by atoms with Gasteiger partial charge in [0.1, 0.15) is 0 Å². The van der Waals surface area contributed by atoms with Crippen LogP contribution in [-0.4, -0.2) is 31.4 Å². The van der Waals surface area contributed by atoms with Gasteiger partial charge >= 0.3 is 0 Å². The summed E-state index contributed by atoms with van der Waals surface area (Å²) < 4.78 is 3.58. The molecular weight excluding hydrogens is 416 g/mol. The van der Waals surface area contributed by atoms with E-state index in [0.717, 1.165) is 39.5 Å². The van der Waals surface area contributed by atoms with Gasteiger partial charge < -0.3 is 10.6 Å². The molecule has 0 atom stereocenters. The highest BCUT2D eigenvalue weighted by Crippen LogP contribution is 2.15. The van der Waals surface area contributed by atoms with Crippen molar-refractivity contribution in [3.8, 4) is 0 Å². The summed E-state index contributed by atoms with van der Waals surface area (Å²) >= 11 is 0. The molecule has 0 fully saturated rings. The average molecular weight is 447 g/mol. The van der Waals surface area contributed by atoms with Crippen LogP contribution in [-0.2, 0) is 30.2 Å². The van der Waals surface area contributed by atoms with Gasteiger partial charge in [-0.1, -0.05) is 12.1 Å². The van der Waals surface area contributed by atoms with Gasteiger partial charge in [0.25, 0.3) is 0 Å². The Labute approximate surface area is 194 Å². The molecular formula is C25H30N6O2. The van der Waals surface area contributed by atoms with Crippen LogP contribution in [0.3, 0.4) is 0 Å². The number of nitrogens with one attached hydrogen (secondary N) is 2. The van der Waals surface area contributed by atoms with Crippen LogP contribution in [0.2, 0.25) is 0 Å². The summed E-state index contributed by atoms with van der Waals surface area (Å²) in [6.07, 6.45) is 6.56. The minimum Gasteiger partial charge on any atom is -0.348 e. The summed E-state index contributed by atoms with van der Waals surface area (Å²) in [4.78, 5) is 24.6. The lowest BCUT2D eigenvalue weighted by atomic mass is 10.1. The second-order valence-corrected chi connectivity index (χ2v) is 7.99. The topological polar surface area (TPSA) is 93.8 Å². The molecule has 8 heteroatoms. The molecule has 0 aliphatic heterocycles. The molecule has 2 aromatic heterocycles. The van der Waals surface area contributed by atoms with Crippen molar-refractivity contribution in [2.24, 2.45) is 14.1 Å². The standard InChI is InChI=1S/C25H30N6O2/c1-16-22(18(3)30(5)28-16)10-12-24(32)26-15-20-8-7-9-21(14-20)27-25(33)13-11-23-17(2)29-31(6)19(23)4/h7-14H,15H2,1-6H3,(H,26,32)(H,27,33)/b12-10+,13-11+. The van der Waals surface area contributed by atoms with Crippen LogP contribution in [0.1, 0.15) is 39.5 Å². The van der Waals surface area contributed by atoms with Crippen LogP contribution in [0.5, 0.6) is 0 Å². The zero-order valence-electron chi connectivity index (χ0n) is 19.9. The van der Waals surface area contributed by atoms with Crippen LogP contribution in [0.25, 0.3) is 12.2 Å².